The molecule has 1 saturated carbocycles. The van der Waals surface area contributed by atoms with Crippen LogP contribution in [-0.4, -0.2) is 27.6 Å². The molecule has 0 radical (unpaired) electrons. The van der Waals surface area contributed by atoms with Crippen LogP contribution in [-0.2, 0) is 0 Å². The third-order valence-corrected chi connectivity index (χ3v) is 5.49. The van der Waals surface area contributed by atoms with E-state index in [0.717, 1.165) is 28.7 Å². The molecule has 2 unspecified atom stereocenters. The van der Waals surface area contributed by atoms with E-state index >= 15 is 0 Å². The molecule has 0 spiro atoms. The third kappa shape index (κ3) is 3.41. The van der Waals surface area contributed by atoms with Gasteiger partial charge < -0.3 is 4.74 Å². The average molecular weight is 342 g/mol. The Bertz CT molecular complexity index is 720. The fourth-order valence-corrected chi connectivity index (χ4v) is 4.04. The summed E-state index contributed by atoms with van der Waals surface area (Å²) in [6, 6.07) is 10.5. The van der Waals surface area contributed by atoms with Gasteiger partial charge in [-0.05, 0) is 43.0 Å². The van der Waals surface area contributed by atoms with Gasteiger partial charge in [0.25, 0.3) is 0 Å². The van der Waals surface area contributed by atoms with E-state index in [1.165, 1.54) is 31.0 Å². The van der Waals surface area contributed by atoms with Crippen molar-refractivity contribution in [3.05, 3.63) is 24.3 Å². The number of nitriles is 1. The van der Waals surface area contributed by atoms with E-state index in [-0.39, 0.29) is 0 Å². The molecule has 1 heterocycles. The van der Waals surface area contributed by atoms with Crippen LogP contribution in [0.4, 0.5) is 0 Å². The van der Waals surface area contributed by atoms with Crippen LogP contribution < -0.4 is 4.74 Å². The Labute approximate surface area is 147 Å². The first-order valence-electron chi connectivity index (χ1n) is 8.33. The minimum Gasteiger partial charge on any atom is -0.497 e. The van der Waals surface area contributed by atoms with Gasteiger partial charge in [0.1, 0.15) is 5.75 Å². The summed E-state index contributed by atoms with van der Waals surface area (Å²) in [5.41, 5.74) is 1.03. The van der Waals surface area contributed by atoms with Crippen molar-refractivity contribution in [1.82, 2.24) is 14.8 Å². The van der Waals surface area contributed by atoms with E-state index in [1.807, 2.05) is 24.3 Å². The smallest absolute Gasteiger partial charge is 0.192 e. The van der Waals surface area contributed by atoms with Crippen LogP contribution in [0, 0.1) is 17.2 Å². The normalized spacial score (nSPS) is 20.5. The van der Waals surface area contributed by atoms with Gasteiger partial charge in [0.15, 0.2) is 11.0 Å². The lowest BCUT2D eigenvalue weighted by atomic mass is 9.85. The molecule has 126 valence electrons. The Morgan fingerprint density at radius 3 is 2.67 bits per heavy atom. The molecule has 0 amide bonds. The summed E-state index contributed by atoms with van der Waals surface area (Å²) < 4.78 is 7.50. The van der Waals surface area contributed by atoms with Crippen LogP contribution in [0.15, 0.2) is 29.4 Å². The quantitative estimate of drug-likeness (QED) is 0.757. The molecule has 0 saturated heterocycles. The van der Waals surface area contributed by atoms with Crippen molar-refractivity contribution in [3.8, 4) is 23.2 Å². The van der Waals surface area contributed by atoms with Crippen LogP contribution in [0.25, 0.3) is 11.4 Å². The van der Waals surface area contributed by atoms with Crippen molar-refractivity contribution < 1.29 is 4.74 Å². The van der Waals surface area contributed by atoms with E-state index in [0.29, 0.717) is 17.7 Å². The Morgan fingerprint density at radius 1 is 1.25 bits per heavy atom. The van der Waals surface area contributed by atoms with Crippen molar-refractivity contribution in [2.75, 3.05) is 12.9 Å². The second-order valence-corrected chi connectivity index (χ2v) is 7.12. The van der Waals surface area contributed by atoms with Gasteiger partial charge >= 0.3 is 0 Å². The number of rotatable bonds is 5. The van der Waals surface area contributed by atoms with Gasteiger partial charge in [-0.15, -0.1) is 10.2 Å². The highest BCUT2D eigenvalue weighted by molar-refractivity contribution is 7.99. The van der Waals surface area contributed by atoms with Gasteiger partial charge in [-0.3, -0.25) is 4.57 Å². The van der Waals surface area contributed by atoms with E-state index in [1.54, 1.807) is 7.11 Å². The average Bonchev–Trinajstić information content (AvgIpc) is 3.04. The monoisotopic (exact) mass is 342 g/mol. The Morgan fingerprint density at radius 2 is 2.00 bits per heavy atom. The Kier molecular flexibility index (Phi) is 5.41. The summed E-state index contributed by atoms with van der Waals surface area (Å²) in [6.07, 6.45) is 4.89. The largest absolute Gasteiger partial charge is 0.497 e. The summed E-state index contributed by atoms with van der Waals surface area (Å²) >= 11 is 1.47. The second kappa shape index (κ2) is 7.71. The van der Waals surface area contributed by atoms with Crippen LogP contribution >= 0.6 is 11.8 Å². The molecule has 24 heavy (non-hydrogen) atoms. The maximum atomic E-state index is 8.92. The van der Waals surface area contributed by atoms with Crippen molar-refractivity contribution >= 4 is 11.8 Å². The molecule has 2 atom stereocenters. The number of ether oxygens (including phenoxy) is 1. The van der Waals surface area contributed by atoms with Crippen LogP contribution in [0.2, 0.25) is 0 Å². The molecule has 0 bridgehead atoms. The predicted molar refractivity (Wildman–Crippen MR) is 95.0 cm³/mol. The first-order valence-corrected chi connectivity index (χ1v) is 9.32. The fraction of sp³-hybridized carbons (Fsp3) is 0.500. The molecule has 1 fully saturated rings. The standard InChI is InChI=1S/C18H22N4OS/c1-13-5-3-4-6-16(13)22-17(20-21-18(22)24-12-11-19)14-7-9-15(23-2)10-8-14/h7-10,13,16H,3-6,12H2,1-2H3. The van der Waals surface area contributed by atoms with E-state index in [4.69, 9.17) is 10.00 Å². The minimum absolute atomic E-state index is 0.391. The zero-order valence-electron chi connectivity index (χ0n) is 14.1. The lowest BCUT2D eigenvalue weighted by Crippen LogP contribution is -2.22. The molecule has 6 heteroatoms. The van der Waals surface area contributed by atoms with Gasteiger partial charge in [-0.2, -0.15) is 5.26 Å². The number of hydrogen-bond acceptors (Lipinski definition) is 5. The van der Waals surface area contributed by atoms with Gasteiger partial charge in [0, 0.05) is 11.6 Å². The molecule has 0 N–H and O–H groups in total. The number of methoxy groups -OCH3 is 1. The van der Waals surface area contributed by atoms with Crippen LogP contribution in [0.5, 0.6) is 5.75 Å². The molecule has 1 aliphatic rings. The zero-order valence-corrected chi connectivity index (χ0v) is 14.9. The number of benzene rings is 1. The maximum absolute atomic E-state index is 8.92. The van der Waals surface area contributed by atoms with Crippen LogP contribution in [0.1, 0.15) is 38.6 Å². The lowest BCUT2D eigenvalue weighted by Gasteiger charge is -2.31. The summed E-state index contributed by atoms with van der Waals surface area (Å²) in [4.78, 5) is 0. The van der Waals surface area contributed by atoms with Gasteiger partial charge in [-0.25, -0.2) is 0 Å². The molecule has 2 aromatic rings. The van der Waals surface area contributed by atoms with Crippen molar-refractivity contribution in [1.29, 1.82) is 5.26 Å². The summed E-state index contributed by atoms with van der Waals surface area (Å²) in [5.74, 6) is 2.70. The first kappa shape index (κ1) is 16.8. The topological polar surface area (TPSA) is 63.7 Å². The lowest BCUT2D eigenvalue weighted by molar-refractivity contribution is 0.247. The number of hydrogen-bond donors (Lipinski definition) is 0. The summed E-state index contributed by atoms with van der Waals surface area (Å²) in [5, 5.41) is 18.6. The van der Waals surface area contributed by atoms with Crippen molar-refractivity contribution in [2.24, 2.45) is 5.92 Å². The van der Waals surface area contributed by atoms with Crippen LogP contribution in [0.3, 0.4) is 0 Å². The molecule has 1 aromatic carbocycles. The third-order valence-electron chi connectivity index (χ3n) is 4.68. The molecular weight excluding hydrogens is 320 g/mol. The van der Waals surface area contributed by atoms with Gasteiger partial charge in [0.05, 0.1) is 18.9 Å². The summed E-state index contributed by atoms with van der Waals surface area (Å²) in [7, 11) is 1.66. The molecular formula is C18H22N4OS. The predicted octanol–water partition coefficient (Wildman–Crippen LogP) is 4.32. The zero-order chi connectivity index (χ0) is 16.9. The second-order valence-electron chi connectivity index (χ2n) is 6.18. The highest BCUT2D eigenvalue weighted by Gasteiger charge is 2.28. The van der Waals surface area contributed by atoms with E-state index in [2.05, 4.69) is 27.8 Å². The van der Waals surface area contributed by atoms with Gasteiger partial charge in [0.2, 0.25) is 0 Å². The van der Waals surface area contributed by atoms with E-state index in [9.17, 15) is 0 Å². The Balaban J connectivity index is 2.01. The SMILES string of the molecule is COc1ccc(-c2nnc(SCC#N)n2C2CCCCC2C)cc1. The number of nitrogens with zero attached hydrogens (tertiary/aromatic N) is 4. The van der Waals surface area contributed by atoms with Crippen molar-refractivity contribution in [3.63, 3.8) is 0 Å². The first-order chi connectivity index (χ1) is 11.7. The molecule has 1 aliphatic carbocycles. The highest BCUT2D eigenvalue weighted by atomic mass is 32.2. The summed E-state index contributed by atoms with van der Waals surface area (Å²) in [6.45, 7) is 2.31. The number of thioether (sulfide) groups is 1. The fourth-order valence-electron chi connectivity index (χ4n) is 3.39. The molecule has 5 nitrogen and oxygen atoms in total. The molecule has 3 rings (SSSR count). The molecule has 0 aliphatic heterocycles. The highest BCUT2D eigenvalue weighted by Crippen LogP contribution is 2.39. The maximum Gasteiger partial charge on any atom is 0.192 e. The number of aromatic nitrogens is 3. The van der Waals surface area contributed by atoms with Gasteiger partial charge in [-0.1, -0.05) is 31.5 Å². The van der Waals surface area contributed by atoms with E-state index < -0.39 is 0 Å². The molecule has 1 aromatic heterocycles. The van der Waals surface area contributed by atoms with Crippen molar-refractivity contribution in [2.45, 2.75) is 43.8 Å². The minimum atomic E-state index is 0.391. The Hall–Kier alpha value is -2.00.